The molecule has 0 aliphatic carbocycles. The van der Waals surface area contributed by atoms with E-state index in [2.05, 4.69) is 34.6 Å². The van der Waals surface area contributed by atoms with Crippen LogP contribution in [-0.4, -0.2) is 6.04 Å². The Balaban J connectivity index is 3.61. The lowest BCUT2D eigenvalue weighted by atomic mass is 9.83. The van der Waals surface area contributed by atoms with Crippen LogP contribution in [0.3, 0.4) is 0 Å². The minimum absolute atomic E-state index is 0.273. The quantitative estimate of drug-likeness (QED) is 0.670. The van der Waals surface area contributed by atoms with E-state index in [9.17, 15) is 0 Å². The van der Waals surface area contributed by atoms with Gasteiger partial charge in [-0.2, -0.15) is 0 Å². The molecule has 0 aromatic rings. The number of nitrogens with two attached hydrogens (primary N) is 1. The van der Waals surface area contributed by atoms with Crippen LogP contribution in [0.2, 0.25) is 0 Å². The summed E-state index contributed by atoms with van der Waals surface area (Å²) in [4.78, 5) is 0. The standard InChI is InChI=1S/C10H23N/c1-8(2)6-7-9(11)10(3,4)5/h8-9H,6-7,11H2,1-5H3/t9-/m0/s1. The number of hydrogen-bond donors (Lipinski definition) is 1. The van der Waals surface area contributed by atoms with E-state index in [1.165, 1.54) is 6.42 Å². The highest BCUT2D eigenvalue weighted by Crippen LogP contribution is 2.22. The van der Waals surface area contributed by atoms with Crippen molar-refractivity contribution < 1.29 is 0 Å². The van der Waals surface area contributed by atoms with Crippen LogP contribution in [0.1, 0.15) is 47.5 Å². The van der Waals surface area contributed by atoms with Crippen LogP contribution in [0.4, 0.5) is 0 Å². The SMILES string of the molecule is CC(C)CC[C@H](N)C(C)(C)C. The third-order valence-corrected chi connectivity index (χ3v) is 2.17. The third-order valence-electron chi connectivity index (χ3n) is 2.17. The Bertz CT molecular complexity index is 99.9. The summed E-state index contributed by atoms with van der Waals surface area (Å²) >= 11 is 0. The Morgan fingerprint density at radius 3 is 1.82 bits per heavy atom. The fraction of sp³-hybridized carbons (Fsp3) is 1.00. The molecule has 1 atom stereocenters. The van der Waals surface area contributed by atoms with E-state index < -0.39 is 0 Å². The molecular formula is C10H23N. The van der Waals surface area contributed by atoms with Crippen molar-refractivity contribution in [3.63, 3.8) is 0 Å². The average Bonchev–Trinajstić information content (AvgIpc) is 1.80. The lowest BCUT2D eigenvalue weighted by Gasteiger charge is -2.27. The second-order valence-electron chi connectivity index (χ2n) is 4.94. The highest BCUT2D eigenvalue weighted by Gasteiger charge is 2.19. The van der Waals surface area contributed by atoms with Crippen molar-refractivity contribution >= 4 is 0 Å². The van der Waals surface area contributed by atoms with Crippen molar-refractivity contribution in [1.82, 2.24) is 0 Å². The Morgan fingerprint density at radius 2 is 1.55 bits per heavy atom. The predicted molar refractivity (Wildman–Crippen MR) is 51.5 cm³/mol. The highest BCUT2D eigenvalue weighted by molar-refractivity contribution is 4.76. The smallest absolute Gasteiger partial charge is 0.00877 e. The van der Waals surface area contributed by atoms with Crippen molar-refractivity contribution in [2.75, 3.05) is 0 Å². The molecule has 0 saturated carbocycles. The van der Waals surface area contributed by atoms with Crippen molar-refractivity contribution in [2.24, 2.45) is 17.1 Å². The van der Waals surface area contributed by atoms with E-state index in [0.717, 1.165) is 12.3 Å². The molecule has 0 aliphatic rings. The summed E-state index contributed by atoms with van der Waals surface area (Å²) in [6, 6.07) is 0.352. The molecule has 0 radical (unpaired) electrons. The molecule has 0 heterocycles. The molecule has 0 saturated heterocycles. The molecule has 1 nitrogen and oxygen atoms in total. The third kappa shape index (κ3) is 5.25. The zero-order valence-electron chi connectivity index (χ0n) is 8.65. The van der Waals surface area contributed by atoms with Gasteiger partial charge < -0.3 is 5.73 Å². The summed E-state index contributed by atoms with van der Waals surface area (Å²) in [6.45, 7) is 11.1. The van der Waals surface area contributed by atoms with Crippen LogP contribution in [0.5, 0.6) is 0 Å². The van der Waals surface area contributed by atoms with E-state index in [0.29, 0.717) is 6.04 Å². The van der Waals surface area contributed by atoms with Gasteiger partial charge in [0.2, 0.25) is 0 Å². The van der Waals surface area contributed by atoms with Gasteiger partial charge >= 0.3 is 0 Å². The molecule has 0 rings (SSSR count). The maximum atomic E-state index is 6.00. The zero-order chi connectivity index (χ0) is 9.07. The molecule has 0 aromatic heterocycles. The van der Waals surface area contributed by atoms with Crippen LogP contribution in [-0.2, 0) is 0 Å². The molecule has 0 aliphatic heterocycles. The highest BCUT2D eigenvalue weighted by atomic mass is 14.7. The Kier molecular flexibility index (Phi) is 4.09. The molecule has 0 unspecified atom stereocenters. The Labute approximate surface area is 71.4 Å². The Hall–Kier alpha value is -0.0400. The van der Waals surface area contributed by atoms with Gasteiger partial charge in [0, 0.05) is 6.04 Å². The maximum Gasteiger partial charge on any atom is 0.00877 e. The Morgan fingerprint density at radius 1 is 1.09 bits per heavy atom. The second-order valence-corrected chi connectivity index (χ2v) is 4.94. The minimum atomic E-state index is 0.273. The number of hydrogen-bond acceptors (Lipinski definition) is 1. The van der Waals surface area contributed by atoms with E-state index >= 15 is 0 Å². The maximum absolute atomic E-state index is 6.00. The first-order valence-electron chi connectivity index (χ1n) is 4.59. The second kappa shape index (κ2) is 4.10. The van der Waals surface area contributed by atoms with E-state index in [1.54, 1.807) is 0 Å². The van der Waals surface area contributed by atoms with E-state index in [-0.39, 0.29) is 5.41 Å². The monoisotopic (exact) mass is 157 g/mol. The first-order valence-corrected chi connectivity index (χ1v) is 4.59. The summed E-state index contributed by atoms with van der Waals surface area (Å²) in [5.74, 6) is 0.781. The van der Waals surface area contributed by atoms with Crippen molar-refractivity contribution in [2.45, 2.75) is 53.5 Å². The molecule has 0 spiro atoms. The number of rotatable bonds is 3. The van der Waals surface area contributed by atoms with Gasteiger partial charge in [-0.25, -0.2) is 0 Å². The van der Waals surface area contributed by atoms with Crippen molar-refractivity contribution in [3.8, 4) is 0 Å². The minimum Gasteiger partial charge on any atom is -0.327 e. The van der Waals surface area contributed by atoms with Gasteiger partial charge in [-0.05, 0) is 24.2 Å². The van der Waals surface area contributed by atoms with Gasteiger partial charge in [-0.1, -0.05) is 34.6 Å². The fourth-order valence-corrected chi connectivity index (χ4v) is 0.946. The molecule has 1 heteroatoms. The van der Waals surface area contributed by atoms with Gasteiger partial charge in [0.15, 0.2) is 0 Å². The van der Waals surface area contributed by atoms with Crippen LogP contribution in [0, 0.1) is 11.3 Å². The first kappa shape index (κ1) is 11.0. The molecule has 0 aromatic carbocycles. The molecule has 0 fully saturated rings. The summed E-state index contributed by atoms with van der Waals surface area (Å²) in [6.07, 6.45) is 2.40. The van der Waals surface area contributed by atoms with Gasteiger partial charge in [0.25, 0.3) is 0 Å². The normalized spacial score (nSPS) is 15.5. The molecule has 11 heavy (non-hydrogen) atoms. The molecule has 0 amide bonds. The lowest BCUT2D eigenvalue weighted by Crippen LogP contribution is -2.35. The van der Waals surface area contributed by atoms with Gasteiger partial charge in [0.05, 0.1) is 0 Å². The summed E-state index contributed by atoms with van der Waals surface area (Å²) < 4.78 is 0. The van der Waals surface area contributed by atoms with Gasteiger partial charge in [-0.15, -0.1) is 0 Å². The van der Waals surface area contributed by atoms with Crippen LogP contribution >= 0.6 is 0 Å². The van der Waals surface area contributed by atoms with E-state index in [4.69, 9.17) is 5.73 Å². The largest absolute Gasteiger partial charge is 0.327 e. The van der Waals surface area contributed by atoms with Crippen LogP contribution < -0.4 is 5.73 Å². The molecule has 2 N–H and O–H groups in total. The van der Waals surface area contributed by atoms with Gasteiger partial charge in [0.1, 0.15) is 0 Å². The summed E-state index contributed by atoms with van der Waals surface area (Å²) in [5, 5.41) is 0. The lowest BCUT2D eigenvalue weighted by molar-refractivity contribution is 0.291. The molecular weight excluding hydrogens is 134 g/mol. The molecule has 0 bridgehead atoms. The summed E-state index contributed by atoms with van der Waals surface area (Å²) in [7, 11) is 0. The predicted octanol–water partition coefficient (Wildman–Crippen LogP) is 2.80. The van der Waals surface area contributed by atoms with Crippen LogP contribution in [0.25, 0.3) is 0 Å². The molecule has 68 valence electrons. The van der Waals surface area contributed by atoms with Crippen molar-refractivity contribution in [1.29, 1.82) is 0 Å². The summed E-state index contributed by atoms with van der Waals surface area (Å²) in [5.41, 5.74) is 6.27. The van der Waals surface area contributed by atoms with E-state index in [1.807, 2.05) is 0 Å². The van der Waals surface area contributed by atoms with Gasteiger partial charge in [-0.3, -0.25) is 0 Å². The average molecular weight is 157 g/mol. The zero-order valence-corrected chi connectivity index (χ0v) is 8.65. The van der Waals surface area contributed by atoms with Crippen molar-refractivity contribution in [3.05, 3.63) is 0 Å². The first-order chi connectivity index (χ1) is 4.84. The fourth-order valence-electron chi connectivity index (χ4n) is 0.946. The van der Waals surface area contributed by atoms with Crippen LogP contribution in [0.15, 0.2) is 0 Å². The topological polar surface area (TPSA) is 26.0 Å².